The van der Waals surface area contributed by atoms with Crippen molar-refractivity contribution in [3.05, 3.63) is 22.9 Å². The zero-order chi connectivity index (χ0) is 26.0. The first-order chi connectivity index (χ1) is 19.4. The van der Waals surface area contributed by atoms with E-state index in [0.29, 0.717) is 0 Å². The van der Waals surface area contributed by atoms with Crippen molar-refractivity contribution >= 4 is 6.34 Å². The molecule has 0 amide bonds. The Balaban J connectivity index is 1.47. The quantitative estimate of drug-likeness (QED) is 0.390. The summed E-state index contributed by atoms with van der Waals surface area (Å²) >= 11 is 0. The number of hydrogen-bond donors (Lipinski definition) is 3. The van der Waals surface area contributed by atoms with Crippen molar-refractivity contribution < 1.29 is 4.74 Å². The van der Waals surface area contributed by atoms with Crippen LogP contribution in [0.5, 0.6) is 0 Å². The van der Waals surface area contributed by atoms with Gasteiger partial charge in [0.2, 0.25) is 0 Å². The van der Waals surface area contributed by atoms with E-state index in [0.717, 1.165) is 118 Å². The van der Waals surface area contributed by atoms with Crippen LogP contribution in [-0.4, -0.2) is 159 Å². The lowest BCUT2D eigenvalue weighted by Gasteiger charge is -2.55. The Bertz CT molecular complexity index is 937. The number of aliphatic imine (C=N–C) groups is 1. The molecule has 12 nitrogen and oxygen atoms in total. The summed E-state index contributed by atoms with van der Waals surface area (Å²) in [6, 6.07) is 0. The van der Waals surface area contributed by atoms with Crippen LogP contribution in [0.25, 0.3) is 0 Å². The highest BCUT2D eigenvalue weighted by atomic mass is 16.5. The predicted molar refractivity (Wildman–Crippen MR) is 151 cm³/mol. The molecule has 216 valence electrons. The third kappa shape index (κ3) is 5.00. The van der Waals surface area contributed by atoms with Crippen LogP contribution in [0.3, 0.4) is 0 Å². The molecule has 7 rings (SSSR count). The molecule has 5 saturated heterocycles. The molecule has 5 fully saturated rings. The van der Waals surface area contributed by atoms with Gasteiger partial charge in [0.25, 0.3) is 0 Å². The van der Waals surface area contributed by atoms with Crippen molar-refractivity contribution in [2.24, 2.45) is 4.99 Å². The van der Waals surface area contributed by atoms with Gasteiger partial charge in [0.05, 0.1) is 44.2 Å². The minimum Gasteiger partial charge on any atom is -0.379 e. The lowest BCUT2D eigenvalue weighted by molar-refractivity contribution is -0.118. The first kappa shape index (κ1) is 25.8. The van der Waals surface area contributed by atoms with E-state index in [4.69, 9.17) is 9.73 Å². The zero-order valence-corrected chi connectivity index (χ0v) is 23.5. The molecular weight excluding hydrogens is 494 g/mol. The monoisotopic (exact) mass is 541 g/mol. The van der Waals surface area contributed by atoms with E-state index in [1.165, 1.54) is 42.2 Å². The smallest absolute Gasteiger partial charge is 0.148 e. The molecule has 0 radical (unpaired) electrons. The molecule has 0 aromatic heterocycles. The van der Waals surface area contributed by atoms with E-state index in [1.807, 2.05) is 0 Å². The molecule has 0 bridgehead atoms. The van der Waals surface area contributed by atoms with Gasteiger partial charge >= 0.3 is 0 Å². The van der Waals surface area contributed by atoms with Crippen LogP contribution in [0, 0.1) is 0 Å². The topological polar surface area (TPSA) is 80.4 Å². The van der Waals surface area contributed by atoms with E-state index < -0.39 is 0 Å². The molecule has 3 N–H and O–H groups in total. The van der Waals surface area contributed by atoms with Crippen LogP contribution in [0.4, 0.5) is 0 Å². The zero-order valence-electron chi connectivity index (χ0n) is 23.5. The molecule has 1 unspecified atom stereocenters. The summed E-state index contributed by atoms with van der Waals surface area (Å²) in [4.78, 5) is 15.2. The van der Waals surface area contributed by atoms with Crippen molar-refractivity contribution in [1.82, 2.24) is 50.7 Å². The van der Waals surface area contributed by atoms with Gasteiger partial charge in [-0.3, -0.25) is 20.2 Å². The van der Waals surface area contributed by atoms with Crippen LogP contribution < -0.4 is 16.1 Å². The second-order valence-electron chi connectivity index (χ2n) is 11.6. The third-order valence-electron chi connectivity index (χ3n) is 9.10. The maximum atomic E-state index is 5.91. The van der Waals surface area contributed by atoms with Crippen molar-refractivity contribution in [2.75, 3.05) is 112 Å². The van der Waals surface area contributed by atoms with Crippen LogP contribution in [0.2, 0.25) is 0 Å². The van der Waals surface area contributed by atoms with Crippen LogP contribution >= 0.6 is 0 Å². The average molecular weight is 542 g/mol. The fourth-order valence-corrected chi connectivity index (χ4v) is 7.22. The maximum Gasteiger partial charge on any atom is 0.148 e. The van der Waals surface area contributed by atoms with Gasteiger partial charge in [0.1, 0.15) is 17.7 Å². The van der Waals surface area contributed by atoms with E-state index in [2.05, 4.69) is 57.0 Å². The van der Waals surface area contributed by atoms with E-state index in [9.17, 15) is 0 Å². The van der Waals surface area contributed by atoms with Gasteiger partial charge in [0, 0.05) is 78.5 Å². The summed E-state index contributed by atoms with van der Waals surface area (Å²) in [7, 11) is 0. The van der Waals surface area contributed by atoms with Crippen molar-refractivity contribution in [3.8, 4) is 0 Å². The van der Waals surface area contributed by atoms with Crippen molar-refractivity contribution in [2.45, 2.75) is 31.8 Å². The predicted octanol–water partition coefficient (Wildman–Crippen LogP) is -0.936. The van der Waals surface area contributed by atoms with Gasteiger partial charge in [-0.25, -0.2) is 10.4 Å². The third-order valence-corrected chi connectivity index (χ3v) is 9.10. The van der Waals surface area contributed by atoms with Crippen LogP contribution in [-0.2, 0) is 4.74 Å². The van der Waals surface area contributed by atoms with Crippen molar-refractivity contribution in [1.29, 1.82) is 0 Å². The number of rotatable bonds is 6. The van der Waals surface area contributed by atoms with Gasteiger partial charge in [-0.15, -0.1) is 0 Å². The average Bonchev–Trinajstić information content (AvgIpc) is 3.80. The Hall–Kier alpha value is -2.09. The Labute approximate surface area is 233 Å². The molecule has 39 heavy (non-hydrogen) atoms. The Morgan fingerprint density at radius 3 is 2.33 bits per heavy atom. The number of hydrazine groups is 2. The molecular formula is C27H47N11O. The number of hydrogen-bond acceptors (Lipinski definition) is 12. The summed E-state index contributed by atoms with van der Waals surface area (Å²) in [5.74, 6) is 1.40. The standard InChI is InChI=1S/C27H47N11O/c1-2-11-32(10-1)27-25(37-13-4-6-31-37)23(34-14-7-29-21-34)24(35-15-8-30-22-35)26(33-17-19-39-20-18-33)38(27)36-12-3-5-28-9-16-36/h22,26,28-29,31H,1-21H2. The van der Waals surface area contributed by atoms with Crippen LogP contribution in [0.15, 0.2) is 27.9 Å². The molecule has 12 heteroatoms. The summed E-state index contributed by atoms with van der Waals surface area (Å²) in [5.41, 5.74) is 7.96. The largest absolute Gasteiger partial charge is 0.379 e. The molecule has 0 aromatic carbocycles. The van der Waals surface area contributed by atoms with Gasteiger partial charge in [-0.2, -0.15) is 0 Å². The summed E-state index contributed by atoms with van der Waals surface area (Å²) in [5, 5.41) is 15.2. The first-order valence-corrected chi connectivity index (χ1v) is 15.4. The molecule has 7 aliphatic rings. The van der Waals surface area contributed by atoms with E-state index in [1.54, 1.807) is 0 Å². The lowest BCUT2D eigenvalue weighted by atomic mass is 10.0. The molecule has 0 saturated carbocycles. The summed E-state index contributed by atoms with van der Waals surface area (Å²) in [6.07, 6.45) is 7.07. The van der Waals surface area contributed by atoms with Gasteiger partial charge in [-0.05, 0) is 32.2 Å². The minimum atomic E-state index is 0.106. The summed E-state index contributed by atoms with van der Waals surface area (Å²) in [6.45, 7) is 16.7. The fourth-order valence-electron chi connectivity index (χ4n) is 7.22. The van der Waals surface area contributed by atoms with Gasteiger partial charge in [-0.1, -0.05) is 0 Å². The maximum absolute atomic E-state index is 5.91. The number of morpholine rings is 1. The second kappa shape index (κ2) is 11.8. The molecule has 1 atom stereocenters. The lowest BCUT2D eigenvalue weighted by Crippen LogP contribution is -2.65. The first-order valence-electron chi connectivity index (χ1n) is 15.4. The highest BCUT2D eigenvalue weighted by Gasteiger charge is 2.49. The minimum absolute atomic E-state index is 0.106. The molecule has 7 heterocycles. The molecule has 0 spiro atoms. The summed E-state index contributed by atoms with van der Waals surface area (Å²) < 4.78 is 5.91. The second-order valence-corrected chi connectivity index (χ2v) is 11.6. The molecule has 7 aliphatic heterocycles. The van der Waals surface area contributed by atoms with E-state index >= 15 is 0 Å². The van der Waals surface area contributed by atoms with Gasteiger partial charge < -0.3 is 29.8 Å². The highest BCUT2D eigenvalue weighted by molar-refractivity contribution is 5.63. The molecule has 0 aliphatic carbocycles. The molecule has 0 aromatic rings. The number of nitrogens with one attached hydrogen (secondary N) is 3. The number of nitrogens with zero attached hydrogens (tertiary/aromatic N) is 8. The van der Waals surface area contributed by atoms with E-state index in [-0.39, 0.29) is 6.17 Å². The number of likely N-dealkylation sites (tertiary alicyclic amines) is 1. The highest BCUT2D eigenvalue weighted by Crippen LogP contribution is 2.42. The van der Waals surface area contributed by atoms with Gasteiger partial charge in [0.15, 0.2) is 0 Å². The number of ether oxygens (including phenoxy) is 1. The fraction of sp³-hybridized carbons (Fsp3) is 0.815. The Kier molecular flexibility index (Phi) is 7.82. The van der Waals surface area contributed by atoms with Crippen LogP contribution in [0.1, 0.15) is 25.7 Å². The van der Waals surface area contributed by atoms with Crippen molar-refractivity contribution in [3.63, 3.8) is 0 Å². The Morgan fingerprint density at radius 2 is 1.59 bits per heavy atom. The SMILES string of the molecule is C1=NCCN1C1=C(N2CCNC2)C(N2CCCN2)=C(N2CCCC2)N(N2CCCNCC2)C1N1CCOCC1. The Morgan fingerprint density at radius 1 is 0.744 bits per heavy atom. The normalized spacial score (nSPS) is 30.1.